The zero-order valence-corrected chi connectivity index (χ0v) is 31.0. The van der Waals surface area contributed by atoms with E-state index in [1.54, 1.807) is 11.7 Å². The van der Waals surface area contributed by atoms with Crippen LogP contribution in [-0.2, 0) is 7.05 Å². The highest BCUT2D eigenvalue weighted by atomic mass is 32.2. The summed E-state index contributed by atoms with van der Waals surface area (Å²) in [4.78, 5) is 17.1. The Bertz CT molecular complexity index is 2360. The molecule has 0 radical (unpaired) electrons. The van der Waals surface area contributed by atoms with Crippen LogP contribution in [-0.4, -0.2) is 109 Å². The molecule has 2 bridgehead atoms. The number of terminal acetylenes is 1. The van der Waals surface area contributed by atoms with Gasteiger partial charge in [0.15, 0.2) is 5.82 Å². The summed E-state index contributed by atoms with van der Waals surface area (Å²) in [6, 6.07) is 6.03. The number of halogens is 3. The molecule has 1 N–H and O–H groups in total. The first-order chi connectivity index (χ1) is 26.2. The van der Waals surface area contributed by atoms with Gasteiger partial charge in [-0.3, -0.25) is 14.5 Å². The lowest BCUT2D eigenvalue weighted by atomic mass is 9.91. The van der Waals surface area contributed by atoms with Gasteiger partial charge in [0.05, 0.1) is 16.5 Å². The molecule has 5 saturated heterocycles. The van der Waals surface area contributed by atoms with Crippen LogP contribution in [0.4, 0.5) is 19.0 Å². The third-order valence-electron chi connectivity index (χ3n) is 12.7. The topological polar surface area (TPSA) is 82.8 Å². The molecule has 0 amide bonds. The molecular formula is C41H42F3N7O2S. The lowest BCUT2D eigenvalue weighted by Crippen LogP contribution is -2.55. The van der Waals surface area contributed by atoms with Gasteiger partial charge in [0, 0.05) is 74.3 Å². The van der Waals surface area contributed by atoms with Gasteiger partial charge in [-0.2, -0.15) is 26.8 Å². The molecule has 5 aliphatic rings. The van der Waals surface area contributed by atoms with Crippen molar-refractivity contribution in [1.82, 2.24) is 29.5 Å². The standard InChI is InChI=1S/C41H42F3N7O2S/c1-3-29-32(43)8-5-24-13-28(52)14-30(33(24)29)34-36(44)38-35(31-20-48(2)47-37(31)34)39(46-40(45-38)53-22-41-10-4-11-50(41)17-25(42)15-41)51-26-6-7-27(51)19-49(18-26)16-23-9-12-54-21-23/h1,5,8,13-14,20,23,25-27,52H,4,6-7,9-12,15-19,21-22H2,2H3/t23?,25-,26-,27+,41+/m1/s1. The Kier molecular flexibility index (Phi) is 8.20. The van der Waals surface area contributed by atoms with Gasteiger partial charge in [0.1, 0.15) is 41.2 Å². The fraction of sp³-hybridized carbons (Fsp3) is 0.488. The Hall–Kier alpha value is -4.25. The van der Waals surface area contributed by atoms with Gasteiger partial charge >= 0.3 is 6.01 Å². The van der Waals surface area contributed by atoms with Gasteiger partial charge in [-0.15, -0.1) is 6.42 Å². The molecule has 54 heavy (non-hydrogen) atoms. The quantitative estimate of drug-likeness (QED) is 0.184. The normalized spacial score (nSPS) is 27.1. The van der Waals surface area contributed by atoms with Crippen molar-refractivity contribution in [3.63, 3.8) is 0 Å². The first-order valence-corrected chi connectivity index (χ1v) is 20.2. The SMILES string of the molecule is C#Cc1c(F)ccc2cc(O)cc(-c3c(F)c4nc(OC[C@@]56CCCN5C[C@H](F)C6)nc(N5[C@@H]6CC[C@H]5CN(CC5CCSC5)C6)c4c4cn(C)nc34)c12. The third kappa shape index (κ3) is 5.42. The fourth-order valence-electron chi connectivity index (χ4n) is 10.4. The minimum Gasteiger partial charge on any atom is -0.508 e. The predicted octanol–water partition coefficient (Wildman–Crippen LogP) is 6.66. The van der Waals surface area contributed by atoms with Crippen molar-refractivity contribution in [2.24, 2.45) is 13.0 Å². The Labute approximate surface area is 315 Å². The number of fused-ring (bicyclic) bond motifs is 7. The van der Waals surface area contributed by atoms with Crippen LogP contribution in [0.15, 0.2) is 30.5 Å². The number of anilines is 1. The molecule has 2 aromatic heterocycles. The predicted molar refractivity (Wildman–Crippen MR) is 206 cm³/mol. The zero-order valence-electron chi connectivity index (χ0n) is 30.2. The van der Waals surface area contributed by atoms with Crippen LogP contribution < -0.4 is 9.64 Å². The first kappa shape index (κ1) is 34.3. The highest BCUT2D eigenvalue weighted by Gasteiger charge is 2.50. The minimum atomic E-state index is -0.926. The van der Waals surface area contributed by atoms with Crippen molar-refractivity contribution in [3.05, 3.63) is 47.7 Å². The van der Waals surface area contributed by atoms with Gasteiger partial charge in [-0.1, -0.05) is 12.0 Å². The number of hydrogen-bond acceptors (Lipinski definition) is 9. The molecule has 0 saturated carbocycles. The van der Waals surface area contributed by atoms with Crippen molar-refractivity contribution >= 4 is 50.2 Å². The Morgan fingerprint density at radius 1 is 1.07 bits per heavy atom. The summed E-state index contributed by atoms with van der Waals surface area (Å²) in [7, 11) is 1.77. The molecule has 3 aromatic carbocycles. The second-order valence-corrected chi connectivity index (χ2v) is 17.2. The van der Waals surface area contributed by atoms with Gasteiger partial charge < -0.3 is 14.7 Å². The van der Waals surface area contributed by atoms with Crippen molar-refractivity contribution < 1.29 is 23.0 Å². The number of phenolic OH excluding ortho intramolecular Hbond substituents is 1. The zero-order chi connectivity index (χ0) is 36.9. The van der Waals surface area contributed by atoms with E-state index < -0.39 is 23.3 Å². The van der Waals surface area contributed by atoms with Gasteiger partial charge in [0.25, 0.3) is 0 Å². The first-order valence-electron chi connectivity index (χ1n) is 19.1. The van der Waals surface area contributed by atoms with E-state index in [4.69, 9.17) is 26.2 Å². The number of piperazine rings is 1. The molecule has 13 heteroatoms. The maximum absolute atomic E-state index is 17.8. The second kappa shape index (κ2) is 12.9. The molecule has 5 aromatic rings. The van der Waals surface area contributed by atoms with Crippen molar-refractivity contribution in [2.75, 3.05) is 55.7 Å². The lowest BCUT2D eigenvalue weighted by Gasteiger charge is -2.43. The highest BCUT2D eigenvalue weighted by molar-refractivity contribution is 7.99. The van der Waals surface area contributed by atoms with E-state index >= 15 is 8.78 Å². The van der Waals surface area contributed by atoms with Crippen molar-refractivity contribution in [1.29, 1.82) is 0 Å². The summed E-state index contributed by atoms with van der Waals surface area (Å²) in [5.41, 5.74) is 0.144. The van der Waals surface area contributed by atoms with Crippen LogP contribution in [0.3, 0.4) is 0 Å². The van der Waals surface area contributed by atoms with Crippen LogP contribution in [0.25, 0.3) is 43.7 Å². The minimum absolute atomic E-state index is 0.0350. The number of aromatic nitrogens is 4. The number of phenols is 1. The maximum atomic E-state index is 17.8. The number of thioether (sulfide) groups is 1. The van der Waals surface area contributed by atoms with Crippen LogP contribution >= 0.6 is 11.8 Å². The summed E-state index contributed by atoms with van der Waals surface area (Å²) < 4.78 is 55.9. The van der Waals surface area contributed by atoms with E-state index in [9.17, 15) is 9.50 Å². The second-order valence-electron chi connectivity index (χ2n) is 16.1. The number of aromatic hydroxyl groups is 1. The van der Waals surface area contributed by atoms with Crippen LogP contribution in [0.1, 0.15) is 44.1 Å². The summed E-state index contributed by atoms with van der Waals surface area (Å²) in [6.07, 6.45) is 12.2. The Morgan fingerprint density at radius 2 is 1.91 bits per heavy atom. The lowest BCUT2D eigenvalue weighted by molar-refractivity contribution is 0.107. The van der Waals surface area contributed by atoms with Crippen molar-refractivity contribution in [2.45, 2.75) is 62.3 Å². The average molecular weight is 754 g/mol. The maximum Gasteiger partial charge on any atom is 0.319 e. The monoisotopic (exact) mass is 753 g/mol. The molecular weight excluding hydrogens is 712 g/mol. The summed E-state index contributed by atoms with van der Waals surface area (Å²) >= 11 is 2.04. The van der Waals surface area contributed by atoms with Gasteiger partial charge in [-0.05, 0) is 85.2 Å². The summed E-state index contributed by atoms with van der Waals surface area (Å²) in [6.45, 7) is 4.27. The molecule has 10 rings (SSSR count). The average Bonchev–Trinajstić information content (AvgIpc) is 3.97. The number of aryl methyl sites for hydroxylation is 1. The number of likely N-dealkylation sites (tertiary alicyclic amines) is 1. The largest absolute Gasteiger partial charge is 0.508 e. The van der Waals surface area contributed by atoms with Gasteiger partial charge in [0.2, 0.25) is 0 Å². The van der Waals surface area contributed by atoms with Crippen LogP contribution in [0.5, 0.6) is 11.8 Å². The van der Waals surface area contributed by atoms with Gasteiger partial charge in [-0.25, -0.2) is 13.2 Å². The molecule has 5 aliphatic heterocycles. The smallest absolute Gasteiger partial charge is 0.319 e. The number of alkyl halides is 1. The van der Waals surface area contributed by atoms with E-state index in [-0.39, 0.29) is 52.7 Å². The molecule has 1 unspecified atom stereocenters. The summed E-state index contributed by atoms with van der Waals surface area (Å²) in [5, 5.41) is 17.6. The van der Waals surface area contributed by atoms with E-state index in [1.807, 2.05) is 18.0 Å². The summed E-state index contributed by atoms with van der Waals surface area (Å²) in [5.74, 6) is 4.75. The number of hydrogen-bond donors (Lipinski definition) is 1. The van der Waals surface area contributed by atoms with Crippen LogP contribution in [0.2, 0.25) is 0 Å². The van der Waals surface area contributed by atoms with Crippen LogP contribution in [0, 0.1) is 29.9 Å². The Balaban J connectivity index is 1.17. The van der Waals surface area contributed by atoms with E-state index in [2.05, 4.69) is 20.6 Å². The van der Waals surface area contributed by atoms with E-state index in [1.165, 1.54) is 42.2 Å². The molecule has 5 fully saturated rings. The molecule has 0 aliphatic carbocycles. The number of rotatable bonds is 7. The number of ether oxygens (including phenoxy) is 1. The molecule has 7 heterocycles. The van der Waals surface area contributed by atoms with E-state index in [0.717, 1.165) is 51.9 Å². The number of nitrogens with zero attached hydrogens (tertiary/aromatic N) is 7. The molecule has 5 atom stereocenters. The van der Waals surface area contributed by atoms with Crippen molar-refractivity contribution in [3.8, 4) is 35.2 Å². The Morgan fingerprint density at radius 3 is 2.69 bits per heavy atom. The molecule has 0 spiro atoms. The third-order valence-corrected chi connectivity index (χ3v) is 13.9. The number of benzene rings is 3. The molecule has 280 valence electrons. The highest BCUT2D eigenvalue weighted by Crippen LogP contribution is 2.47. The fourth-order valence-corrected chi connectivity index (χ4v) is 11.7. The van der Waals surface area contributed by atoms with E-state index in [0.29, 0.717) is 51.8 Å². The molecule has 9 nitrogen and oxygen atoms in total.